The second-order valence-electron chi connectivity index (χ2n) is 4.41. The van der Waals surface area contributed by atoms with Gasteiger partial charge in [-0.15, -0.1) is 0 Å². The molecule has 0 bridgehead atoms. The summed E-state index contributed by atoms with van der Waals surface area (Å²) in [7, 11) is 0. The third-order valence-corrected chi connectivity index (χ3v) is 3.01. The van der Waals surface area contributed by atoms with Crippen molar-refractivity contribution in [3.05, 3.63) is 54.1 Å². The Labute approximate surface area is 113 Å². The van der Waals surface area contributed by atoms with Crippen LogP contribution < -0.4 is 0 Å². The van der Waals surface area contributed by atoms with E-state index in [2.05, 4.69) is 4.98 Å². The monoisotopic (exact) mass is 258 g/mol. The number of esters is 1. The lowest BCUT2D eigenvalue weighted by Crippen LogP contribution is -2.15. The quantitative estimate of drug-likeness (QED) is 0.774. The normalized spacial score (nSPS) is 12.1. The molecule has 0 N–H and O–H groups in total. The predicted molar refractivity (Wildman–Crippen MR) is 73.1 cm³/mol. The number of benzene rings is 1. The predicted octanol–water partition coefficient (Wildman–Crippen LogP) is 3.06. The molecule has 1 atom stereocenters. The summed E-state index contributed by atoms with van der Waals surface area (Å²) in [6, 6.07) is 10.1. The average Bonchev–Trinajstić information content (AvgIpc) is 2.94. The van der Waals surface area contributed by atoms with E-state index in [9.17, 15) is 4.79 Å². The van der Waals surface area contributed by atoms with Gasteiger partial charge >= 0.3 is 5.97 Å². The highest BCUT2D eigenvalue weighted by molar-refractivity contribution is 5.87. The molecule has 0 spiro atoms. The van der Waals surface area contributed by atoms with Crippen molar-refractivity contribution in [1.82, 2.24) is 9.55 Å². The van der Waals surface area contributed by atoms with Crippen LogP contribution in [0.2, 0.25) is 0 Å². The highest BCUT2D eigenvalue weighted by atomic mass is 16.5. The molecule has 0 amide bonds. The Morgan fingerprint density at radius 2 is 2.11 bits per heavy atom. The van der Waals surface area contributed by atoms with Crippen molar-refractivity contribution in [3.8, 4) is 0 Å². The molecule has 1 aromatic heterocycles. The first-order valence-electron chi connectivity index (χ1n) is 6.48. The summed E-state index contributed by atoms with van der Waals surface area (Å²) in [6.07, 6.45) is 4.03. The van der Waals surface area contributed by atoms with Crippen LogP contribution >= 0.6 is 0 Å². The second-order valence-corrected chi connectivity index (χ2v) is 4.41. The Morgan fingerprint density at radius 3 is 2.79 bits per heavy atom. The molecule has 2 aromatic rings. The van der Waals surface area contributed by atoms with Crippen molar-refractivity contribution in [1.29, 1.82) is 0 Å². The molecule has 0 aliphatic carbocycles. The molecule has 100 valence electrons. The lowest BCUT2D eigenvalue weighted by molar-refractivity contribution is 0.0491. The molecule has 19 heavy (non-hydrogen) atoms. The number of hydrogen-bond donors (Lipinski definition) is 0. The van der Waals surface area contributed by atoms with Gasteiger partial charge in [-0.05, 0) is 18.9 Å². The molecular formula is C15H18N2O2. The maximum absolute atomic E-state index is 11.9. The van der Waals surface area contributed by atoms with Crippen LogP contribution in [0.25, 0.3) is 0 Å². The van der Waals surface area contributed by atoms with Crippen LogP contribution in [0.5, 0.6) is 0 Å². The van der Waals surface area contributed by atoms with Crippen LogP contribution in [0.1, 0.15) is 42.4 Å². The number of carbonyl (C=O) groups excluding carboxylic acids is 1. The van der Waals surface area contributed by atoms with Gasteiger partial charge in [0.15, 0.2) is 0 Å². The van der Waals surface area contributed by atoms with E-state index in [-0.39, 0.29) is 12.0 Å². The molecular weight excluding hydrogens is 240 g/mol. The van der Waals surface area contributed by atoms with Crippen LogP contribution in [0.4, 0.5) is 0 Å². The number of carbonyl (C=O) groups is 1. The Hall–Kier alpha value is -2.10. The van der Waals surface area contributed by atoms with Crippen LogP contribution in [-0.2, 0) is 4.74 Å². The van der Waals surface area contributed by atoms with E-state index >= 15 is 0 Å². The summed E-state index contributed by atoms with van der Waals surface area (Å²) >= 11 is 0. The molecule has 0 aliphatic rings. The smallest absolute Gasteiger partial charge is 0.356 e. The minimum Gasteiger partial charge on any atom is -0.461 e. The van der Waals surface area contributed by atoms with Gasteiger partial charge < -0.3 is 9.30 Å². The third kappa shape index (κ3) is 3.02. The standard InChI is InChI=1S/C15H18N2O2/c1-3-9-19-15(18)14-10-16-11-17(14)12(2)13-7-5-4-6-8-13/h4-8,10-12H,3,9H2,1-2H3/t12-/m1/s1. The van der Waals surface area contributed by atoms with Crippen molar-refractivity contribution in [2.24, 2.45) is 0 Å². The van der Waals surface area contributed by atoms with E-state index in [0.717, 1.165) is 12.0 Å². The van der Waals surface area contributed by atoms with Crippen LogP contribution in [0.15, 0.2) is 42.9 Å². The Balaban J connectivity index is 2.22. The van der Waals surface area contributed by atoms with Crippen molar-refractivity contribution in [2.45, 2.75) is 26.3 Å². The van der Waals surface area contributed by atoms with Crippen molar-refractivity contribution in [2.75, 3.05) is 6.61 Å². The van der Waals surface area contributed by atoms with Crippen molar-refractivity contribution >= 4 is 5.97 Å². The minimum absolute atomic E-state index is 0.0490. The van der Waals surface area contributed by atoms with Gasteiger partial charge in [0.05, 0.1) is 25.2 Å². The number of ether oxygens (including phenoxy) is 1. The van der Waals surface area contributed by atoms with Crippen LogP contribution in [0.3, 0.4) is 0 Å². The van der Waals surface area contributed by atoms with E-state index in [0.29, 0.717) is 12.3 Å². The Morgan fingerprint density at radius 1 is 1.37 bits per heavy atom. The molecule has 0 saturated carbocycles. The van der Waals surface area contributed by atoms with E-state index in [4.69, 9.17) is 4.74 Å². The van der Waals surface area contributed by atoms with Gasteiger partial charge in [-0.25, -0.2) is 9.78 Å². The lowest BCUT2D eigenvalue weighted by atomic mass is 10.1. The zero-order valence-electron chi connectivity index (χ0n) is 11.2. The van der Waals surface area contributed by atoms with Gasteiger partial charge in [0.2, 0.25) is 0 Å². The maximum atomic E-state index is 11.9. The number of rotatable bonds is 5. The van der Waals surface area contributed by atoms with E-state index < -0.39 is 0 Å². The Bertz CT molecular complexity index is 534. The van der Waals surface area contributed by atoms with Gasteiger partial charge in [0, 0.05) is 0 Å². The summed E-state index contributed by atoms with van der Waals surface area (Å²) in [5, 5.41) is 0. The second kappa shape index (κ2) is 6.18. The first-order valence-corrected chi connectivity index (χ1v) is 6.48. The van der Waals surface area contributed by atoms with Gasteiger partial charge in [0.1, 0.15) is 5.69 Å². The molecule has 0 aliphatic heterocycles. The fraction of sp³-hybridized carbons (Fsp3) is 0.333. The lowest BCUT2D eigenvalue weighted by Gasteiger charge is -2.16. The van der Waals surface area contributed by atoms with E-state index in [1.54, 1.807) is 12.5 Å². The Kier molecular flexibility index (Phi) is 4.34. The van der Waals surface area contributed by atoms with Crippen LogP contribution in [-0.4, -0.2) is 22.1 Å². The largest absolute Gasteiger partial charge is 0.461 e. The fourth-order valence-electron chi connectivity index (χ4n) is 1.93. The summed E-state index contributed by atoms with van der Waals surface area (Å²) in [5.41, 5.74) is 1.62. The molecule has 4 nitrogen and oxygen atoms in total. The molecule has 4 heteroatoms. The molecule has 0 unspecified atom stereocenters. The number of hydrogen-bond acceptors (Lipinski definition) is 3. The number of imidazole rings is 1. The first-order chi connectivity index (χ1) is 9.24. The summed E-state index contributed by atoms with van der Waals surface area (Å²) in [4.78, 5) is 16.0. The zero-order valence-corrected chi connectivity index (χ0v) is 11.2. The molecule has 1 heterocycles. The SMILES string of the molecule is CCCOC(=O)c1cncn1[C@H](C)c1ccccc1. The summed E-state index contributed by atoms with van der Waals surface area (Å²) in [5.74, 6) is -0.317. The highest BCUT2D eigenvalue weighted by Crippen LogP contribution is 2.19. The zero-order chi connectivity index (χ0) is 13.7. The third-order valence-electron chi connectivity index (χ3n) is 3.01. The average molecular weight is 258 g/mol. The minimum atomic E-state index is -0.317. The molecule has 2 rings (SSSR count). The maximum Gasteiger partial charge on any atom is 0.356 e. The molecule has 0 fully saturated rings. The number of aromatic nitrogens is 2. The fourth-order valence-corrected chi connectivity index (χ4v) is 1.93. The topological polar surface area (TPSA) is 44.1 Å². The summed E-state index contributed by atoms with van der Waals surface area (Å²) in [6.45, 7) is 4.44. The highest BCUT2D eigenvalue weighted by Gasteiger charge is 2.17. The van der Waals surface area contributed by atoms with Gasteiger partial charge in [0.25, 0.3) is 0 Å². The van der Waals surface area contributed by atoms with Crippen molar-refractivity contribution < 1.29 is 9.53 Å². The van der Waals surface area contributed by atoms with E-state index in [1.807, 2.05) is 48.7 Å². The van der Waals surface area contributed by atoms with Gasteiger partial charge in [-0.2, -0.15) is 0 Å². The molecule has 1 aromatic carbocycles. The number of nitrogens with zero attached hydrogens (tertiary/aromatic N) is 2. The van der Waals surface area contributed by atoms with Crippen molar-refractivity contribution in [3.63, 3.8) is 0 Å². The summed E-state index contributed by atoms with van der Waals surface area (Å²) < 4.78 is 7.00. The molecule has 0 radical (unpaired) electrons. The van der Waals surface area contributed by atoms with Gasteiger partial charge in [-0.1, -0.05) is 37.3 Å². The van der Waals surface area contributed by atoms with Gasteiger partial charge in [-0.3, -0.25) is 0 Å². The van der Waals surface area contributed by atoms with Crippen LogP contribution in [0, 0.1) is 0 Å². The van der Waals surface area contributed by atoms with E-state index in [1.165, 1.54) is 0 Å². The molecule has 0 saturated heterocycles. The first kappa shape index (κ1) is 13.3.